The Labute approximate surface area is 208 Å². The summed E-state index contributed by atoms with van der Waals surface area (Å²) in [5, 5.41) is 0.395. The third-order valence-electron chi connectivity index (χ3n) is 5.31. The van der Waals surface area contributed by atoms with Crippen LogP contribution in [-0.2, 0) is 14.8 Å². The molecule has 1 fully saturated rings. The zero-order chi connectivity index (χ0) is 23.6. The second-order valence-electron chi connectivity index (χ2n) is 7.88. The van der Waals surface area contributed by atoms with Gasteiger partial charge in [-0.25, -0.2) is 17.8 Å². The zero-order valence-corrected chi connectivity index (χ0v) is 21.3. The lowest BCUT2D eigenvalue weighted by Gasteiger charge is -2.26. The molecule has 0 saturated carbocycles. The van der Waals surface area contributed by atoms with Gasteiger partial charge in [0.25, 0.3) is 5.91 Å². The number of fused-ring (bicyclic) bond motifs is 1. The van der Waals surface area contributed by atoms with Gasteiger partial charge in [0, 0.05) is 31.7 Å². The van der Waals surface area contributed by atoms with E-state index < -0.39 is 15.8 Å². The van der Waals surface area contributed by atoms with Crippen molar-refractivity contribution in [1.82, 2.24) is 14.2 Å². The molecule has 1 saturated heterocycles. The van der Waals surface area contributed by atoms with Crippen LogP contribution in [0.1, 0.15) is 10.4 Å². The summed E-state index contributed by atoms with van der Waals surface area (Å²) in [5.74, 6) is -0.765. The Morgan fingerprint density at radius 3 is 2.41 bits per heavy atom. The predicted octanol–water partition coefficient (Wildman–Crippen LogP) is 3.09. The maximum absolute atomic E-state index is 14.2. The maximum atomic E-state index is 14.2. The minimum atomic E-state index is -3.65. The molecule has 3 aromatic rings. The molecule has 34 heavy (non-hydrogen) atoms. The number of hydrogen-bond acceptors (Lipinski definition) is 7. The van der Waals surface area contributed by atoms with E-state index >= 15 is 0 Å². The molecular weight excluding hydrogens is 503 g/mol. The number of nitrogens with zero attached hydrogens (tertiary/aromatic N) is 4. The highest BCUT2D eigenvalue weighted by molar-refractivity contribution is 7.89. The third kappa shape index (κ3) is 5.56. The molecule has 1 amide bonds. The van der Waals surface area contributed by atoms with E-state index in [1.807, 2.05) is 19.0 Å². The molecule has 1 aliphatic rings. The van der Waals surface area contributed by atoms with Gasteiger partial charge >= 0.3 is 0 Å². The fraction of sp³-hybridized carbons (Fsp3) is 0.364. The molecule has 12 heteroatoms. The molecule has 0 atom stereocenters. The van der Waals surface area contributed by atoms with Crippen molar-refractivity contribution in [3.8, 4) is 0 Å². The number of carbonyl (C=O) groups is 1. The van der Waals surface area contributed by atoms with Crippen molar-refractivity contribution < 1.29 is 22.3 Å². The lowest BCUT2D eigenvalue weighted by atomic mass is 10.2. The number of amides is 1. The molecular formula is C22H26ClFN4O4S2. The Hall–Kier alpha value is -2.15. The highest BCUT2D eigenvalue weighted by Crippen LogP contribution is 2.31. The number of para-hydroxylation sites is 1. The second-order valence-corrected chi connectivity index (χ2v) is 10.8. The first-order chi connectivity index (χ1) is 15.8. The van der Waals surface area contributed by atoms with Crippen molar-refractivity contribution in [3.05, 3.63) is 53.8 Å². The first-order valence-corrected chi connectivity index (χ1v) is 12.7. The number of sulfonamides is 1. The van der Waals surface area contributed by atoms with Crippen LogP contribution in [0.25, 0.3) is 10.2 Å². The van der Waals surface area contributed by atoms with Gasteiger partial charge < -0.3 is 9.64 Å². The van der Waals surface area contributed by atoms with E-state index in [1.54, 1.807) is 12.1 Å². The highest BCUT2D eigenvalue weighted by atomic mass is 35.5. The van der Waals surface area contributed by atoms with E-state index in [-0.39, 0.29) is 28.7 Å². The van der Waals surface area contributed by atoms with Crippen LogP contribution < -0.4 is 4.90 Å². The molecule has 0 unspecified atom stereocenters. The van der Waals surface area contributed by atoms with Crippen molar-refractivity contribution in [3.63, 3.8) is 0 Å². The summed E-state index contributed by atoms with van der Waals surface area (Å²) in [5.41, 5.74) is 0.557. The van der Waals surface area contributed by atoms with Gasteiger partial charge in [-0.3, -0.25) is 9.69 Å². The molecule has 184 valence electrons. The van der Waals surface area contributed by atoms with Gasteiger partial charge in [-0.1, -0.05) is 17.4 Å². The molecule has 2 heterocycles. The van der Waals surface area contributed by atoms with E-state index in [0.717, 1.165) is 0 Å². The first-order valence-electron chi connectivity index (χ1n) is 10.5. The molecule has 1 aliphatic heterocycles. The largest absolute Gasteiger partial charge is 0.379 e. The SMILES string of the molecule is CN(C)CCN(C(=O)c1ccc(S(=O)(=O)N2CCOCC2)cc1)c1nc2c(F)cccc2s1.Cl. The smallest absolute Gasteiger partial charge is 0.260 e. The molecule has 4 rings (SSSR count). The van der Waals surface area contributed by atoms with Crippen molar-refractivity contribution in [2.75, 3.05) is 58.4 Å². The fourth-order valence-electron chi connectivity index (χ4n) is 3.46. The normalized spacial score (nSPS) is 14.8. The minimum Gasteiger partial charge on any atom is -0.379 e. The Morgan fingerprint density at radius 1 is 1.12 bits per heavy atom. The van der Waals surface area contributed by atoms with E-state index in [0.29, 0.717) is 54.8 Å². The number of halogens is 2. The summed E-state index contributed by atoms with van der Waals surface area (Å²) in [6.45, 7) is 2.25. The number of likely N-dealkylation sites (N-methyl/N-ethyl adjacent to an activating group) is 1. The van der Waals surface area contributed by atoms with Crippen LogP contribution in [-0.4, -0.2) is 82.0 Å². The van der Waals surface area contributed by atoms with Crippen LogP contribution in [0.4, 0.5) is 9.52 Å². The number of anilines is 1. The number of hydrogen-bond donors (Lipinski definition) is 0. The monoisotopic (exact) mass is 528 g/mol. The van der Waals surface area contributed by atoms with Gasteiger partial charge in [-0.15, -0.1) is 12.4 Å². The molecule has 0 aliphatic carbocycles. The predicted molar refractivity (Wildman–Crippen MR) is 133 cm³/mol. The fourth-order valence-corrected chi connectivity index (χ4v) is 5.88. The summed E-state index contributed by atoms with van der Waals surface area (Å²) in [6, 6.07) is 10.6. The van der Waals surface area contributed by atoms with Crippen LogP contribution >= 0.6 is 23.7 Å². The average Bonchev–Trinajstić information content (AvgIpc) is 3.25. The summed E-state index contributed by atoms with van der Waals surface area (Å²) >= 11 is 1.24. The molecule has 1 aromatic heterocycles. The van der Waals surface area contributed by atoms with E-state index in [9.17, 15) is 17.6 Å². The van der Waals surface area contributed by atoms with Crippen LogP contribution in [0.2, 0.25) is 0 Å². The van der Waals surface area contributed by atoms with Crippen LogP contribution in [0, 0.1) is 5.82 Å². The third-order valence-corrected chi connectivity index (χ3v) is 8.27. The Kier molecular flexibility index (Phi) is 8.61. The van der Waals surface area contributed by atoms with E-state index in [4.69, 9.17) is 4.74 Å². The molecule has 0 N–H and O–H groups in total. The maximum Gasteiger partial charge on any atom is 0.260 e. The number of benzene rings is 2. The Balaban J connectivity index is 0.00000324. The molecule has 0 bridgehead atoms. The quantitative estimate of drug-likeness (QED) is 0.468. The zero-order valence-electron chi connectivity index (χ0n) is 18.8. The summed E-state index contributed by atoms with van der Waals surface area (Å²) < 4.78 is 47.2. The van der Waals surface area contributed by atoms with Crippen molar-refractivity contribution in [2.45, 2.75) is 4.90 Å². The number of thiazole rings is 1. The lowest BCUT2D eigenvalue weighted by molar-refractivity contribution is 0.0730. The van der Waals surface area contributed by atoms with Crippen molar-refractivity contribution in [2.24, 2.45) is 0 Å². The first kappa shape index (κ1) is 26.5. The molecule has 0 spiro atoms. The number of ether oxygens (including phenoxy) is 1. The summed E-state index contributed by atoms with van der Waals surface area (Å²) in [6.07, 6.45) is 0. The standard InChI is InChI=1S/C22H25FN4O4S2.ClH/c1-25(2)10-11-27(22-24-20-18(23)4-3-5-19(20)32-22)21(28)16-6-8-17(9-7-16)33(29,30)26-12-14-31-15-13-26;/h3-9H,10-15H2,1-2H3;1H. The number of morpholine rings is 1. The second kappa shape index (κ2) is 11.1. The van der Waals surface area contributed by atoms with Crippen LogP contribution in [0.15, 0.2) is 47.4 Å². The minimum absolute atomic E-state index is 0. The molecule has 2 aromatic carbocycles. The van der Waals surface area contributed by atoms with Gasteiger partial charge in [0.1, 0.15) is 11.3 Å². The van der Waals surface area contributed by atoms with Gasteiger partial charge in [0.05, 0.1) is 22.8 Å². The number of aromatic nitrogens is 1. The molecule has 8 nitrogen and oxygen atoms in total. The van der Waals surface area contributed by atoms with Gasteiger partial charge in [0.15, 0.2) is 5.13 Å². The lowest BCUT2D eigenvalue weighted by Crippen LogP contribution is -2.40. The number of rotatable bonds is 7. The average molecular weight is 529 g/mol. The van der Waals surface area contributed by atoms with Crippen LogP contribution in [0.5, 0.6) is 0 Å². The van der Waals surface area contributed by atoms with Crippen molar-refractivity contribution in [1.29, 1.82) is 0 Å². The van der Waals surface area contributed by atoms with Gasteiger partial charge in [0.2, 0.25) is 10.0 Å². The van der Waals surface area contributed by atoms with E-state index in [1.165, 1.54) is 50.9 Å². The summed E-state index contributed by atoms with van der Waals surface area (Å²) in [4.78, 5) is 21.3. The van der Waals surface area contributed by atoms with Crippen LogP contribution in [0.3, 0.4) is 0 Å². The Morgan fingerprint density at radius 2 is 1.79 bits per heavy atom. The van der Waals surface area contributed by atoms with Crippen molar-refractivity contribution >= 4 is 55.0 Å². The van der Waals surface area contributed by atoms with Gasteiger partial charge in [-0.2, -0.15) is 4.31 Å². The molecule has 0 radical (unpaired) electrons. The summed E-state index contributed by atoms with van der Waals surface area (Å²) in [7, 11) is 0.139. The topological polar surface area (TPSA) is 83.1 Å². The number of carbonyl (C=O) groups excluding carboxylic acids is 1. The Bertz CT molecular complexity index is 1250. The van der Waals surface area contributed by atoms with E-state index in [2.05, 4.69) is 4.98 Å². The highest BCUT2D eigenvalue weighted by Gasteiger charge is 2.27. The van der Waals surface area contributed by atoms with Gasteiger partial charge in [-0.05, 0) is 50.5 Å².